The average molecular weight is 530 g/mol. The van der Waals surface area contributed by atoms with E-state index in [1.165, 1.54) is 6.07 Å². The number of aryl methyl sites for hydroxylation is 2. The SMILES string of the molecule is CCN(CC)CCCNc1cc2c(cn1)cc(-c1cc(NC(=O)c3cccc(CF)c3)ccc1C)c(=O)n2C. The van der Waals surface area contributed by atoms with Crippen molar-refractivity contribution in [1.82, 2.24) is 14.5 Å². The Morgan fingerprint density at radius 3 is 2.59 bits per heavy atom. The van der Waals surface area contributed by atoms with Crippen LogP contribution in [-0.4, -0.2) is 46.5 Å². The minimum absolute atomic E-state index is 0.136. The summed E-state index contributed by atoms with van der Waals surface area (Å²) in [6, 6.07) is 15.7. The quantitative estimate of drug-likeness (QED) is 0.241. The van der Waals surface area contributed by atoms with Crippen LogP contribution in [0.25, 0.3) is 22.0 Å². The van der Waals surface area contributed by atoms with Crippen LogP contribution in [0.4, 0.5) is 15.9 Å². The number of fused-ring (bicyclic) bond motifs is 1. The molecule has 0 saturated carbocycles. The molecule has 0 atom stereocenters. The van der Waals surface area contributed by atoms with Crippen molar-refractivity contribution in [2.45, 2.75) is 33.9 Å². The van der Waals surface area contributed by atoms with Crippen molar-refractivity contribution in [3.8, 4) is 11.1 Å². The number of anilines is 2. The first kappa shape index (κ1) is 28.0. The largest absolute Gasteiger partial charge is 0.370 e. The third-order valence-electron chi connectivity index (χ3n) is 7.09. The lowest BCUT2D eigenvalue weighted by atomic mass is 9.99. The minimum atomic E-state index is -0.635. The summed E-state index contributed by atoms with van der Waals surface area (Å²) in [6.07, 6.45) is 2.79. The predicted molar refractivity (Wildman–Crippen MR) is 157 cm³/mol. The summed E-state index contributed by atoms with van der Waals surface area (Å²) in [5.74, 6) is 0.398. The number of nitrogens with zero attached hydrogens (tertiary/aromatic N) is 3. The van der Waals surface area contributed by atoms with E-state index < -0.39 is 6.67 Å². The molecular formula is C31H36FN5O2. The fraction of sp³-hybridized carbons (Fsp3) is 0.323. The Bertz CT molecular complexity index is 1530. The molecule has 7 nitrogen and oxygen atoms in total. The molecule has 0 aliphatic carbocycles. The van der Waals surface area contributed by atoms with Crippen molar-refractivity contribution in [3.63, 3.8) is 0 Å². The van der Waals surface area contributed by atoms with Crippen molar-refractivity contribution in [2.75, 3.05) is 36.8 Å². The first-order valence-electron chi connectivity index (χ1n) is 13.4. The molecule has 2 aromatic carbocycles. The smallest absolute Gasteiger partial charge is 0.258 e. The second-order valence-corrected chi connectivity index (χ2v) is 9.68. The number of alkyl halides is 1. The van der Waals surface area contributed by atoms with Gasteiger partial charge in [-0.3, -0.25) is 9.59 Å². The second-order valence-electron chi connectivity index (χ2n) is 9.68. The number of pyridine rings is 2. The van der Waals surface area contributed by atoms with Crippen molar-refractivity contribution in [3.05, 3.63) is 87.8 Å². The standard InChI is InChI=1S/C31H36FN5O2/c1-5-37(6-2)14-8-13-33-29-18-28-24(20-34-29)16-27(31(39)36(28)4)26-17-25(12-11-21(26)3)35-30(38)23-10-7-9-22(15-23)19-32/h7,9-12,15-18,20H,5-6,8,13-14,19H2,1-4H3,(H,33,34)(H,35,38). The summed E-state index contributed by atoms with van der Waals surface area (Å²) in [4.78, 5) is 33.2. The summed E-state index contributed by atoms with van der Waals surface area (Å²) in [7, 11) is 1.76. The maximum Gasteiger partial charge on any atom is 0.258 e. The topological polar surface area (TPSA) is 79.3 Å². The zero-order valence-corrected chi connectivity index (χ0v) is 23.1. The van der Waals surface area contributed by atoms with Gasteiger partial charge in [0.05, 0.1) is 5.52 Å². The van der Waals surface area contributed by atoms with Gasteiger partial charge in [0.15, 0.2) is 0 Å². The fourth-order valence-electron chi connectivity index (χ4n) is 4.70. The highest BCUT2D eigenvalue weighted by molar-refractivity contribution is 6.04. The molecule has 0 unspecified atom stereocenters. The van der Waals surface area contributed by atoms with Gasteiger partial charge in [0, 0.05) is 48.1 Å². The molecule has 8 heteroatoms. The number of rotatable bonds is 11. The molecule has 0 radical (unpaired) electrons. The zero-order chi connectivity index (χ0) is 27.9. The summed E-state index contributed by atoms with van der Waals surface area (Å²) >= 11 is 0. The molecule has 0 saturated heterocycles. The van der Waals surface area contributed by atoms with Crippen LogP contribution < -0.4 is 16.2 Å². The predicted octanol–water partition coefficient (Wildman–Crippen LogP) is 5.77. The monoisotopic (exact) mass is 529 g/mol. The van der Waals surface area contributed by atoms with Crippen LogP contribution in [0.5, 0.6) is 0 Å². The number of nitrogens with one attached hydrogen (secondary N) is 2. The van der Waals surface area contributed by atoms with Gasteiger partial charge in [-0.2, -0.15) is 0 Å². The van der Waals surface area contributed by atoms with E-state index in [9.17, 15) is 14.0 Å². The van der Waals surface area contributed by atoms with E-state index in [1.54, 1.807) is 48.1 Å². The van der Waals surface area contributed by atoms with E-state index in [0.29, 0.717) is 22.4 Å². The second kappa shape index (κ2) is 12.7. The number of amides is 1. The lowest BCUT2D eigenvalue weighted by Gasteiger charge is -2.18. The van der Waals surface area contributed by atoms with Crippen molar-refractivity contribution in [2.24, 2.45) is 7.05 Å². The van der Waals surface area contributed by atoms with Crippen molar-refractivity contribution in [1.29, 1.82) is 0 Å². The first-order valence-corrected chi connectivity index (χ1v) is 13.4. The molecule has 0 aliphatic heterocycles. The highest BCUT2D eigenvalue weighted by Crippen LogP contribution is 2.27. The van der Waals surface area contributed by atoms with E-state index in [-0.39, 0.29) is 11.5 Å². The molecule has 4 rings (SSSR count). The van der Waals surface area contributed by atoms with Crippen LogP contribution in [0, 0.1) is 6.92 Å². The lowest BCUT2D eigenvalue weighted by molar-refractivity contribution is 0.102. The van der Waals surface area contributed by atoms with Gasteiger partial charge in [-0.05, 0) is 80.0 Å². The Labute approximate surface area is 228 Å². The number of aromatic nitrogens is 2. The number of halogens is 1. The number of carbonyl (C=O) groups excluding carboxylic acids is 1. The molecule has 0 aliphatic rings. The molecule has 0 spiro atoms. The number of hydrogen-bond acceptors (Lipinski definition) is 5. The van der Waals surface area contributed by atoms with Gasteiger partial charge in [0.1, 0.15) is 12.5 Å². The highest BCUT2D eigenvalue weighted by Gasteiger charge is 2.14. The molecule has 39 heavy (non-hydrogen) atoms. The summed E-state index contributed by atoms with van der Waals surface area (Å²) in [6.45, 7) is 9.54. The van der Waals surface area contributed by atoms with Crippen LogP contribution in [0.3, 0.4) is 0 Å². The third-order valence-corrected chi connectivity index (χ3v) is 7.09. The van der Waals surface area contributed by atoms with Crippen LogP contribution >= 0.6 is 0 Å². The zero-order valence-electron chi connectivity index (χ0n) is 23.1. The Kier molecular flexibility index (Phi) is 9.09. The summed E-state index contributed by atoms with van der Waals surface area (Å²) in [5.41, 5.74) is 4.18. The maximum atomic E-state index is 13.5. The Morgan fingerprint density at radius 1 is 1.05 bits per heavy atom. The van der Waals surface area contributed by atoms with E-state index in [0.717, 1.165) is 60.4 Å². The molecule has 0 bridgehead atoms. The molecule has 4 aromatic rings. The Hall–Kier alpha value is -4.04. The summed E-state index contributed by atoms with van der Waals surface area (Å²) < 4.78 is 14.7. The molecule has 204 valence electrons. The molecule has 0 fully saturated rings. The van der Waals surface area contributed by atoms with E-state index in [1.807, 2.05) is 25.1 Å². The summed E-state index contributed by atoms with van der Waals surface area (Å²) in [5, 5.41) is 7.09. The van der Waals surface area contributed by atoms with Gasteiger partial charge in [-0.1, -0.05) is 32.0 Å². The van der Waals surface area contributed by atoms with Crippen LogP contribution in [0.15, 0.2) is 65.6 Å². The van der Waals surface area contributed by atoms with Gasteiger partial charge in [-0.25, -0.2) is 9.37 Å². The van der Waals surface area contributed by atoms with E-state index in [4.69, 9.17) is 0 Å². The Balaban J connectivity index is 1.57. The van der Waals surface area contributed by atoms with Crippen LogP contribution in [0.2, 0.25) is 0 Å². The molecule has 2 N–H and O–H groups in total. The molecule has 2 aromatic heterocycles. The normalized spacial score (nSPS) is 11.2. The van der Waals surface area contributed by atoms with Gasteiger partial charge < -0.3 is 20.1 Å². The van der Waals surface area contributed by atoms with Crippen molar-refractivity contribution >= 4 is 28.3 Å². The van der Waals surface area contributed by atoms with Gasteiger partial charge in [-0.15, -0.1) is 0 Å². The third kappa shape index (κ3) is 6.52. The lowest BCUT2D eigenvalue weighted by Crippen LogP contribution is -2.25. The number of hydrogen-bond donors (Lipinski definition) is 2. The minimum Gasteiger partial charge on any atom is -0.370 e. The fourth-order valence-corrected chi connectivity index (χ4v) is 4.70. The maximum absolute atomic E-state index is 13.5. The average Bonchev–Trinajstić information content (AvgIpc) is 2.96. The van der Waals surface area contributed by atoms with E-state index in [2.05, 4.69) is 34.4 Å². The first-order chi connectivity index (χ1) is 18.8. The van der Waals surface area contributed by atoms with Crippen LogP contribution in [-0.2, 0) is 13.7 Å². The molecular weight excluding hydrogens is 493 g/mol. The molecule has 2 heterocycles. The van der Waals surface area contributed by atoms with Crippen molar-refractivity contribution < 1.29 is 9.18 Å². The number of benzene rings is 2. The van der Waals surface area contributed by atoms with Crippen LogP contribution in [0.1, 0.15) is 41.8 Å². The highest BCUT2D eigenvalue weighted by atomic mass is 19.1. The van der Waals surface area contributed by atoms with E-state index >= 15 is 0 Å². The number of carbonyl (C=O) groups is 1. The van der Waals surface area contributed by atoms with Gasteiger partial charge in [0.2, 0.25) is 0 Å². The molecule has 1 amide bonds. The van der Waals surface area contributed by atoms with Gasteiger partial charge >= 0.3 is 0 Å². The Morgan fingerprint density at radius 2 is 1.85 bits per heavy atom. The van der Waals surface area contributed by atoms with Gasteiger partial charge in [0.25, 0.3) is 11.5 Å².